The van der Waals surface area contributed by atoms with Crippen LogP contribution in [-0.4, -0.2) is 0 Å². The Balaban J connectivity index is 1.18. The fraction of sp³-hybridized carbons (Fsp3) is 0.229. The van der Waals surface area contributed by atoms with Gasteiger partial charge in [0.05, 0.1) is 0 Å². The van der Waals surface area contributed by atoms with Crippen molar-refractivity contribution in [3.8, 4) is 66.8 Å². The summed E-state index contributed by atoms with van der Waals surface area (Å²) in [7, 11) is 0. The van der Waals surface area contributed by atoms with Crippen LogP contribution in [0.2, 0.25) is 0 Å². The molecule has 0 aliphatic carbocycles. The van der Waals surface area contributed by atoms with Crippen LogP contribution in [0.1, 0.15) is 105 Å². The summed E-state index contributed by atoms with van der Waals surface area (Å²) in [6.45, 7) is 27.4. The van der Waals surface area contributed by atoms with Gasteiger partial charge in [-0.2, -0.15) is 0 Å². The molecule has 0 saturated carbocycles. The Hall–Kier alpha value is -7.02. The minimum atomic E-state index is 0.0728. The molecule has 348 valence electrons. The standard InChI is InChI=1S/C70H68/c1-67(2,3)51-33-23-45(24-34-51)55-19-15-20-56(46-25-35-52(36-26-46)68(4,5)6)65(55)49-31-41-61-62-42-32-50(44-64(62)60-18-14-13-17-59(60)63(61)43-49)66-57(47-27-37-53(38-28-47)69(7,8)9)21-16-22-58(66)48-29-39-54(40-30-48)70(10,11)12/h13-44H,1-12H3. The highest BCUT2D eigenvalue weighted by Crippen LogP contribution is 2.47. The van der Waals surface area contributed by atoms with Crippen LogP contribution in [0.25, 0.3) is 99.1 Å². The SMILES string of the molecule is CC(C)(C)c1ccc(-c2cccc(-c3ccc(C(C)(C)C)cc3)c2-c2ccc3c4ccc(-c5c(-c6ccc(C(C)(C)C)cc6)cccc5-c5ccc(C(C)(C)C)cc5)cc4c4ccccc4c3c2)cc1. The van der Waals surface area contributed by atoms with Gasteiger partial charge in [-0.05, 0) is 155 Å². The predicted octanol–water partition coefficient (Wildman–Crippen LogP) is 20.3. The normalized spacial score (nSPS) is 12.6. The maximum atomic E-state index is 2.47. The van der Waals surface area contributed by atoms with Crippen molar-refractivity contribution in [3.05, 3.63) is 216 Å². The zero-order valence-corrected chi connectivity index (χ0v) is 43.5. The molecule has 70 heavy (non-hydrogen) atoms. The van der Waals surface area contributed by atoms with E-state index in [1.54, 1.807) is 0 Å². The first-order valence-electron chi connectivity index (χ1n) is 25.3. The molecule has 10 aromatic rings. The molecule has 0 fully saturated rings. The third kappa shape index (κ3) is 8.79. The average molecular weight is 909 g/mol. The van der Waals surface area contributed by atoms with E-state index in [-0.39, 0.29) is 21.7 Å². The highest BCUT2D eigenvalue weighted by molar-refractivity contribution is 6.26. The smallest absolute Gasteiger partial charge is 0.00266 e. The molecule has 0 aromatic heterocycles. The Kier molecular flexibility index (Phi) is 11.6. The maximum Gasteiger partial charge on any atom is -0.00266 e. The van der Waals surface area contributed by atoms with Crippen LogP contribution in [0.15, 0.2) is 194 Å². The summed E-state index contributed by atoms with van der Waals surface area (Å²) in [6.07, 6.45) is 0. The Morgan fingerprint density at radius 2 is 0.429 bits per heavy atom. The lowest BCUT2D eigenvalue weighted by Crippen LogP contribution is -2.10. The van der Waals surface area contributed by atoms with Crippen molar-refractivity contribution in [3.63, 3.8) is 0 Å². The van der Waals surface area contributed by atoms with E-state index >= 15 is 0 Å². The monoisotopic (exact) mass is 909 g/mol. The summed E-state index contributed by atoms with van der Waals surface area (Å²) in [5.74, 6) is 0. The molecule has 10 aromatic carbocycles. The Morgan fingerprint density at radius 3 is 0.671 bits per heavy atom. The van der Waals surface area contributed by atoms with E-state index in [2.05, 4.69) is 277 Å². The topological polar surface area (TPSA) is 0 Å². The molecule has 0 aliphatic heterocycles. The van der Waals surface area contributed by atoms with Crippen LogP contribution >= 0.6 is 0 Å². The fourth-order valence-corrected chi connectivity index (χ4v) is 10.6. The molecule has 0 radical (unpaired) electrons. The third-order valence-corrected chi connectivity index (χ3v) is 14.8. The Labute approximate surface area is 418 Å². The summed E-state index contributed by atoms with van der Waals surface area (Å²) in [5.41, 5.74) is 20.4. The minimum Gasteiger partial charge on any atom is -0.0616 e. The second-order valence-corrected chi connectivity index (χ2v) is 23.8. The van der Waals surface area contributed by atoms with Gasteiger partial charge in [-0.3, -0.25) is 0 Å². The largest absolute Gasteiger partial charge is 0.0616 e. The van der Waals surface area contributed by atoms with E-state index in [9.17, 15) is 0 Å². The molecule has 0 N–H and O–H groups in total. The molecule has 0 heteroatoms. The molecule has 0 spiro atoms. The molecule has 0 unspecified atom stereocenters. The van der Waals surface area contributed by atoms with Crippen molar-refractivity contribution < 1.29 is 0 Å². The minimum absolute atomic E-state index is 0.0728. The number of hydrogen-bond donors (Lipinski definition) is 0. The second-order valence-electron chi connectivity index (χ2n) is 23.8. The summed E-state index contributed by atoms with van der Waals surface area (Å²) < 4.78 is 0. The van der Waals surface area contributed by atoms with Crippen LogP contribution in [0.4, 0.5) is 0 Å². The first-order valence-corrected chi connectivity index (χ1v) is 25.3. The molecule has 0 amide bonds. The quantitative estimate of drug-likeness (QED) is 0.146. The summed E-state index contributed by atoms with van der Waals surface area (Å²) in [4.78, 5) is 0. The van der Waals surface area contributed by atoms with E-state index in [4.69, 9.17) is 0 Å². The zero-order valence-electron chi connectivity index (χ0n) is 43.5. The van der Waals surface area contributed by atoms with Crippen LogP contribution in [0.3, 0.4) is 0 Å². The van der Waals surface area contributed by atoms with Crippen LogP contribution < -0.4 is 0 Å². The molecular weight excluding hydrogens is 841 g/mol. The predicted molar refractivity (Wildman–Crippen MR) is 306 cm³/mol. The van der Waals surface area contributed by atoms with Gasteiger partial charge in [0, 0.05) is 0 Å². The van der Waals surface area contributed by atoms with Gasteiger partial charge in [0.15, 0.2) is 0 Å². The van der Waals surface area contributed by atoms with Gasteiger partial charge in [-0.1, -0.05) is 265 Å². The van der Waals surface area contributed by atoms with Crippen LogP contribution in [0, 0.1) is 0 Å². The lowest BCUT2D eigenvalue weighted by atomic mass is 9.82. The lowest BCUT2D eigenvalue weighted by molar-refractivity contribution is 0.590. The average Bonchev–Trinajstić information content (AvgIpc) is 3.35. The molecule has 0 aliphatic rings. The summed E-state index contributed by atoms with van der Waals surface area (Å²) in [5, 5.41) is 7.57. The Morgan fingerprint density at radius 1 is 0.200 bits per heavy atom. The van der Waals surface area contributed by atoms with Gasteiger partial charge in [0.25, 0.3) is 0 Å². The fourth-order valence-electron chi connectivity index (χ4n) is 10.6. The van der Waals surface area contributed by atoms with E-state index in [1.807, 2.05) is 0 Å². The molecule has 0 nitrogen and oxygen atoms in total. The third-order valence-electron chi connectivity index (χ3n) is 14.8. The van der Waals surface area contributed by atoms with Gasteiger partial charge >= 0.3 is 0 Å². The van der Waals surface area contributed by atoms with Crippen molar-refractivity contribution >= 4 is 32.3 Å². The van der Waals surface area contributed by atoms with Gasteiger partial charge in [-0.25, -0.2) is 0 Å². The molecular formula is C70H68. The van der Waals surface area contributed by atoms with Crippen molar-refractivity contribution in [2.75, 3.05) is 0 Å². The van der Waals surface area contributed by atoms with E-state index in [1.165, 1.54) is 121 Å². The summed E-state index contributed by atoms with van der Waals surface area (Å²) in [6, 6.07) is 74.2. The van der Waals surface area contributed by atoms with Crippen molar-refractivity contribution in [1.82, 2.24) is 0 Å². The number of hydrogen-bond acceptors (Lipinski definition) is 0. The highest BCUT2D eigenvalue weighted by atomic mass is 14.3. The van der Waals surface area contributed by atoms with Crippen molar-refractivity contribution in [2.45, 2.75) is 105 Å². The van der Waals surface area contributed by atoms with Gasteiger partial charge < -0.3 is 0 Å². The van der Waals surface area contributed by atoms with Gasteiger partial charge in [0.2, 0.25) is 0 Å². The van der Waals surface area contributed by atoms with Crippen LogP contribution in [0.5, 0.6) is 0 Å². The van der Waals surface area contributed by atoms with E-state index in [0.717, 1.165) is 0 Å². The first-order chi connectivity index (χ1) is 33.2. The molecule has 0 saturated heterocycles. The highest BCUT2D eigenvalue weighted by Gasteiger charge is 2.22. The van der Waals surface area contributed by atoms with Crippen LogP contribution in [-0.2, 0) is 21.7 Å². The molecule has 0 bridgehead atoms. The van der Waals surface area contributed by atoms with Gasteiger partial charge in [-0.15, -0.1) is 0 Å². The molecule has 0 heterocycles. The van der Waals surface area contributed by atoms with Gasteiger partial charge in [0.1, 0.15) is 0 Å². The van der Waals surface area contributed by atoms with E-state index in [0.29, 0.717) is 0 Å². The molecule has 0 atom stereocenters. The molecule has 10 rings (SSSR count). The lowest BCUT2D eigenvalue weighted by Gasteiger charge is -2.22. The number of fused-ring (bicyclic) bond motifs is 6. The maximum absolute atomic E-state index is 2.47. The second kappa shape index (κ2) is 17.4. The zero-order chi connectivity index (χ0) is 49.3. The van der Waals surface area contributed by atoms with Crippen molar-refractivity contribution in [1.29, 1.82) is 0 Å². The Bertz CT molecular complexity index is 3140. The van der Waals surface area contributed by atoms with Crippen molar-refractivity contribution in [2.24, 2.45) is 0 Å². The summed E-state index contributed by atoms with van der Waals surface area (Å²) >= 11 is 0. The first kappa shape index (κ1) is 46.7. The number of rotatable bonds is 6. The number of benzene rings is 10. The van der Waals surface area contributed by atoms with E-state index < -0.39 is 0 Å².